The highest BCUT2D eigenvalue weighted by atomic mass is 32.1. The molecule has 0 unspecified atom stereocenters. The molecule has 8 nitrogen and oxygen atoms in total. The Kier molecular flexibility index (Phi) is 2.62. The maximum atomic E-state index is 4.62. The SMILES string of the molecule is Cc1nn(C)cc1-c1nn2c(-c3snnc3C)nnc2s1. The van der Waals surface area contributed by atoms with E-state index in [4.69, 9.17) is 0 Å². The summed E-state index contributed by atoms with van der Waals surface area (Å²) >= 11 is 2.79. The van der Waals surface area contributed by atoms with Gasteiger partial charge in [0.25, 0.3) is 0 Å². The zero-order chi connectivity index (χ0) is 14.6. The van der Waals surface area contributed by atoms with Gasteiger partial charge in [-0.1, -0.05) is 15.8 Å². The molecular formula is C11H10N8S2. The van der Waals surface area contributed by atoms with Crippen molar-refractivity contribution in [3.63, 3.8) is 0 Å². The molecule has 10 heteroatoms. The molecule has 0 saturated heterocycles. The van der Waals surface area contributed by atoms with Crippen LogP contribution in [-0.2, 0) is 7.05 Å². The van der Waals surface area contributed by atoms with Crippen LogP contribution in [0.4, 0.5) is 0 Å². The quantitative estimate of drug-likeness (QED) is 0.559. The molecule has 0 radical (unpaired) electrons. The lowest BCUT2D eigenvalue weighted by atomic mass is 10.3. The standard InChI is InChI=1S/C11H10N8S2/c1-5-7(4-18(3)15-5)10-16-19-9(13-14-11(19)20-10)8-6(2)12-17-21-8/h4H,1-3H3. The third kappa shape index (κ3) is 1.87. The van der Waals surface area contributed by atoms with Gasteiger partial charge in [0.2, 0.25) is 4.96 Å². The van der Waals surface area contributed by atoms with Crippen molar-refractivity contribution in [3.05, 3.63) is 17.6 Å². The number of aryl methyl sites for hydroxylation is 3. The van der Waals surface area contributed by atoms with Crippen molar-refractivity contribution in [3.8, 4) is 21.3 Å². The van der Waals surface area contributed by atoms with E-state index in [-0.39, 0.29) is 0 Å². The summed E-state index contributed by atoms with van der Waals surface area (Å²) < 4.78 is 7.47. The number of aromatic nitrogens is 8. The van der Waals surface area contributed by atoms with Gasteiger partial charge in [0.1, 0.15) is 4.88 Å². The van der Waals surface area contributed by atoms with E-state index in [1.807, 2.05) is 27.1 Å². The maximum absolute atomic E-state index is 4.62. The first-order valence-corrected chi connectivity index (χ1v) is 7.74. The predicted octanol–water partition coefficient (Wildman–Crippen LogP) is 1.72. The van der Waals surface area contributed by atoms with Gasteiger partial charge in [-0.05, 0) is 25.4 Å². The summed E-state index contributed by atoms with van der Waals surface area (Å²) in [4.78, 5) is 1.64. The second-order valence-corrected chi connectivity index (χ2v) is 6.32. The third-order valence-electron chi connectivity index (χ3n) is 3.09. The summed E-state index contributed by atoms with van der Waals surface area (Å²) in [6.45, 7) is 3.87. The largest absolute Gasteiger partial charge is 0.275 e. The molecule has 0 fully saturated rings. The van der Waals surface area contributed by atoms with Crippen LogP contribution in [0.25, 0.3) is 26.2 Å². The van der Waals surface area contributed by atoms with Gasteiger partial charge in [0.15, 0.2) is 10.8 Å². The number of rotatable bonds is 2. The van der Waals surface area contributed by atoms with E-state index in [2.05, 4.69) is 30.0 Å². The van der Waals surface area contributed by atoms with Crippen LogP contribution in [0.1, 0.15) is 11.4 Å². The number of fused-ring (bicyclic) bond motifs is 1. The number of hydrogen-bond acceptors (Lipinski definition) is 8. The smallest absolute Gasteiger partial charge is 0.235 e. The van der Waals surface area contributed by atoms with Crippen LogP contribution in [0.3, 0.4) is 0 Å². The Bertz CT molecular complexity index is 943. The first-order chi connectivity index (χ1) is 10.1. The second-order valence-electron chi connectivity index (χ2n) is 4.61. The van der Waals surface area contributed by atoms with E-state index in [1.165, 1.54) is 22.9 Å². The van der Waals surface area contributed by atoms with E-state index < -0.39 is 0 Å². The first kappa shape index (κ1) is 12.5. The van der Waals surface area contributed by atoms with E-state index in [1.54, 1.807) is 9.20 Å². The van der Waals surface area contributed by atoms with Crippen molar-refractivity contribution in [2.45, 2.75) is 13.8 Å². The number of nitrogens with zero attached hydrogens (tertiary/aromatic N) is 8. The minimum absolute atomic E-state index is 0.682. The Morgan fingerprint density at radius 3 is 2.57 bits per heavy atom. The molecule has 0 aliphatic carbocycles. The van der Waals surface area contributed by atoms with E-state index in [9.17, 15) is 0 Å². The van der Waals surface area contributed by atoms with Crippen LogP contribution in [-0.4, -0.2) is 39.2 Å². The van der Waals surface area contributed by atoms with E-state index in [0.29, 0.717) is 5.82 Å². The van der Waals surface area contributed by atoms with Crippen molar-refractivity contribution < 1.29 is 0 Å². The zero-order valence-corrected chi connectivity index (χ0v) is 13.1. The Morgan fingerprint density at radius 1 is 1.05 bits per heavy atom. The Hall–Kier alpha value is -2.20. The van der Waals surface area contributed by atoms with Crippen LogP contribution in [0.5, 0.6) is 0 Å². The molecule has 106 valence electrons. The molecule has 0 spiro atoms. The van der Waals surface area contributed by atoms with Gasteiger partial charge < -0.3 is 0 Å². The first-order valence-electron chi connectivity index (χ1n) is 6.15. The summed E-state index contributed by atoms with van der Waals surface area (Å²) in [5.41, 5.74) is 2.79. The zero-order valence-electron chi connectivity index (χ0n) is 11.5. The molecular weight excluding hydrogens is 308 g/mol. The van der Waals surface area contributed by atoms with Crippen molar-refractivity contribution in [2.24, 2.45) is 7.05 Å². The Morgan fingerprint density at radius 2 is 1.90 bits per heavy atom. The number of hydrogen-bond donors (Lipinski definition) is 0. The molecule has 0 aliphatic rings. The average Bonchev–Trinajstić information content (AvgIpc) is 3.14. The molecule has 4 heterocycles. The highest BCUT2D eigenvalue weighted by Gasteiger charge is 2.19. The van der Waals surface area contributed by atoms with Crippen LogP contribution in [0.2, 0.25) is 0 Å². The maximum Gasteiger partial charge on any atom is 0.235 e. The summed E-state index contributed by atoms with van der Waals surface area (Å²) in [7, 11) is 1.90. The lowest BCUT2D eigenvalue weighted by molar-refractivity contribution is 0.756. The summed E-state index contributed by atoms with van der Waals surface area (Å²) in [5, 5.41) is 22.2. The molecule has 0 bridgehead atoms. The van der Waals surface area contributed by atoms with E-state index >= 15 is 0 Å². The lowest BCUT2D eigenvalue weighted by Gasteiger charge is -1.92. The summed E-state index contributed by atoms with van der Waals surface area (Å²) in [6, 6.07) is 0. The average molecular weight is 318 g/mol. The fraction of sp³-hybridized carbons (Fsp3) is 0.273. The molecule has 4 rings (SSSR count). The molecule has 0 amide bonds. The summed E-state index contributed by atoms with van der Waals surface area (Å²) in [6.07, 6.45) is 1.96. The third-order valence-corrected chi connectivity index (χ3v) is 4.85. The van der Waals surface area contributed by atoms with Gasteiger partial charge in [-0.25, -0.2) is 0 Å². The van der Waals surface area contributed by atoms with Crippen molar-refractivity contribution in [1.29, 1.82) is 0 Å². The van der Waals surface area contributed by atoms with Gasteiger partial charge in [0.05, 0.1) is 17.0 Å². The molecule has 4 aromatic rings. The van der Waals surface area contributed by atoms with Crippen molar-refractivity contribution >= 4 is 27.8 Å². The molecule has 21 heavy (non-hydrogen) atoms. The van der Waals surface area contributed by atoms with Crippen molar-refractivity contribution in [2.75, 3.05) is 0 Å². The summed E-state index contributed by atoms with van der Waals surface area (Å²) in [5.74, 6) is 0.682. The van der Waals surface area contributed by atoms with Gasteiger partial charge in [-0.2, -0.15) is 14.7 Å². The van der Waals surface area contributed by atoms with Gasteiger partial charge in [-0.3, -0.25) is 4.68 Å². The normalized spacial score (nSPS) is 11.6. The topological polar surface area (TPSA) is 86.7 Å². The minimum atomic E-state index is 0.682. The van der Waals surface area contributed by atoms with Gasteiger partial charge in [-0.15, -0.1) is 15.3 Å². The highest BCUT2D eigenvalue weighted by Crippen LogP contribution is 2.30. The molecule has 0 aromatic carbocycles. The van der Waals surface area contributed by atoms with Gasteiger partial charge >= 0.3 is 0 Å². The van der Waals surface area contributed by atoms with E-state index in [0.717, 1.165) is 31.8 Å². The Labute approximate surface area is 127 Å². The highest BCUT2D eigenvalue weighted by molar-refractivity contribution is 7.19. The van der Waals surface area contributed by atoms with Crippen LogP contribution in [0.15, 0.2) is 6.20 Å². The minimum Gasteiger partial charge on any atom is -0.275 e. The predicted molar refractivity (Wildman–Crippen MR) is 79.2 cm³/mol. The second kappa shape index (κ2) is 4.40. The van der Waals surface area contributed by atoms with Gasteiger partial charge in [0, 0.05) is 13.2 Å². The lowest BCUT2D eigenvalue weighted by Crippen LogP contribution is -1.91. The molecule has 4 aromatic heterocycles. The fourth-order valence-electron chi connectivity index (χ4n) is 2.11. The fourth-order valence-corrected chi connectivity index (χ4v) is 3.64. The Balaban J connectivity index is 1.90. The molecule has 0 N–H and O–H groups in total. The molecule has 0 atom stereocenters. The van der Waals surface area contributed by atoms with Crippen molar-refractivity contribution in [1.82, 2.24) is 39.2 Å². The molecule has 0 aliphatic heterocycles. The van der Waals surface area contributed by atoms with Crippen LogP contribution in [0, 0.1) is 13.8 Å². The monoisotopic (exact) mass is 318 g/mol. The van der Waals surface area contributed by atoms with Crippen LogP contribution >= 0.6 is 22.9 Å². The molecule has 0 saturated carbocycles. The van der Waals surface area contributed by atoms with Crippen LogP contribution < -0.4 is 0 Å².